The zero-order valence-electron chi connectivity index (χ0n) is 17.5. The molecule has 1 fully saturated rings. The summed E-state index contributed by atoms with van der Waals surface area (Å²) in [5.41, 5.74) is 4.08. The summed E-state index contributed by atoms with van der Waals surface area (Å²) in [6.45, 7) is 0.478. The Morgan fingerprint density at radius 2 is 1.85 bits per heavy atom. The van der Waals surface area contributed by atoms with Crippen molar-refractivity contribution in [3.63, 3.8) is 0 Å². The molecule has 2 amide bonds. The maximum atomic E-state index is 12.9. The van der Waals surface area contributed by atoms with Gasteiger partial charge in [0.2, 0.25) is 11.8 Å². The molecule has 1 heterocycles. The molecule has 3 rings (SSSR count). The summed E-state index contributed by atoms with van der Waals surface area (Å²) in [4.78, 5) is 36.3. The summed E-state index contributed by atoms with van der Waals surface area (Å²) in [5, 5.41) is 14.1. The number of amides is 2. The van der Waals surface area contributed by atoms with Crippen LogP contribution in [0.1, 0.15) is 28.8 Å². The minimum absolute atomic E-state index is 0.0719. The quantitative estimate of drug-likeness (QED) is 0.495. The van der Waals surface area contributed by atoms with Crippen LogP contribution in [0.3, 0.4) is 0 Å². The second-order valence-electron chi connectivity index (χ2n) is 7.49. The van der Waals surface area contributed by atoms with Crippen molar-refractivity contribution in [3.05, 3.63) is 57.6 Å². The molecule has 176 valence electrons. The highest BCUT2D eigenvalue weighted by Crippen LogP contribution is 2.38. The predicted molar refractivity (Wildman–Crippen MR) is 113 cm³/mol. The van der Waals surface area contributed by atoms with Gasteiger partial charge in [-0.1, -0.05) is 0 Å². The van der Waals surface area contributed by atoms with E-state index in [-0.39, 0.29) is 35.9 Å². The van der Waals surface area contributed by atoms with Crippen LogP contribution in [0.4, 0.5) is 30.2 Å². The molecule has 2 aromatic rings. The first-order valence-corrected chi connectivity index (χ1v) is 9.90. The Bertz CT molecular complexity index is 1080. The van der Waals surface area contributed by atoms with Crippen molar-refractivity contribution in [2.45, 2.75) is 19.0 Å². The van der Waals surface area contributed by atoms with Crippen molar-refractivity contribution < 1.29 is 32.4 Å². The number of rotatable bonds is 6. The fourth-order valence-electron chi connectivity index (χ4n) is 3.69. The number of primary amides is 1. The molecule has 0 aromatic heterocycles. The van der Waals surface area contributed by atoms with Gasteiger partial charge in [-0.25, -0.2) is 0 Å². The van der Waals surface area contributed by atoms with Gasteiger partial charge in [0.15, 0.2) is 0 Å². The molecule has 0 radical (unpaired) electrons. The van der Waals surface area contributed by atoms with Crippen molar-refractivity contribution in [2.75, 3.05) is 30.4 Å². The minimum atomic E-state index is -4.69. The van der Waals surface area contributed by atoms with Crippen LogP contribution in [0.2, 0.25) is 0 Å². The lowest BCUT2D eigenvalue weighted by molar-refractivity contribution is -0.384. The number of nitro benzene ring substituents is 1. The number of alkyl halides is 3. The Morgan fingerprint density at radius 3 is 2.39 bits per heavy atom. The first-order valence-electron chi connectivity index (χ1n) is 9.90. The van der Waals surface area contributed by atoms with Crippen LogP contribution in [-0.4, -0.2) is 36.9 Å². The van der Waals surface area contributed by atoms with Crippen molar-refractivity contribution >= 4 is 28.9 Å². The number of carbonyl (C=O) groups is 2. The maximum absolute atomic E-state index is 12.9. The van der Waals surface area contributed by atoms with Crippen LogP contribution in [0.5, 0.6) is 5.75 Å². The van der Waals surface area contributed by atoms with E-state index in [2.05, 4.69) is 5.32 Å². The monoisotopic (exact) mass is 466 g/mol. The molecular weight excluding hydrogens is 445 g/mol. The molecule has 0 atom stereocenters. The van der Waals surface area contributed by atoms with Crippen LogP contribution in [0.15, 0.2) is 36.4 Å². The molecule has 0 spiro atoms. The van der Waals surface area contributed by atoms with Crippen molar-refractivity contribution in [2.24, 2.45) is 11.7 Å². The number of nitro groups is 1. The largest absolute Gasteiger partial charge is 0.495 e. The smallest absolute Gasteiger partial charge is 0.416 e. The molecule has 0 unspecified atom stereocenters. The van der Waals surface area contributed by atoms with Gasteiger partial charge < -0.3 is 20.7 Å². The SMILES string of the molecule is COc1ccc(C(N)=O)cc1NC(=O)C1CCN(c2ccc(C(F)(F)F)cc2[N+](=O)[O-])CC1. The highest BCUT2D eigenvalue weighted by Gasteiger charge is 2.35. The van der Waals surface area contributed by atoms with Gasteiger partial charge in [0.05, 0.1) is 23.3 Å². The lowest BCUT2D eigenvalue weighted by Gasteiger charge is -2.32. The van der Waals surface area contributed by atoms with E-state index in [1.54, 1.807) is 4.90 Å². The molecule has 0 bridgehead atoms. The van der Waals surface area contributed by atoms with E-state index >= 15 is 0 Å². The lowest BCUT2D eigenvalue weighted by atomic mass is 9.95. The Balaban J connectivity index is 1.72. The van der Waals surface area contributed by atoms with E-state index in [1.165, 1.54) is 25.3 Å². The first kappa shape index (κ1) is 23.8. The van der Waals surface area contributed by atoms with E-state index < -0.39 is 34.2 Å². The third kappa shape index (κ3) is 5.33. The highest BCUT2D eigenvalue weighted by molar-refractivity contribution is 5.98. The number of anilines is 2. The standard InChI is InChI=1S/C21H21F3N4O5/c1-33-18-5-2-13(19(25)29)10-15(18)26-20(30)12-6-8-27(9-7-12)16-4-3-14(21(22,23)24)11-17(16)28(31)32/h2-5,10-12H,6-9H2,1H3,(H2,25,29)(H,26,30). The summed E-state index contributed by atoms with van der Waals surface area (Å²) in [6.07, 6.45) is -4.05. The van der Waals surface area contributed by atoms with E-state index in [0.29, 0.717) is 24.7 Å². The van der Waals surface area contributed by atoms with E-state index in [1.807, 2.05) is 0 Å². The van der Waals surface area contributed by atoms with Crippen LogP contribution in [0, 0.1) is 16.0 Å². The number of nitrogens with zero attached hydrogens (tertiary/aromatic N) is 2. The molecule has 1 aliphatic rings. The topological polar surface area (TPSA) is 128 Å². The van der Waals surface area contributed by atoms with Gasteiger partial charge in [-0.3, -0.25) is 19.7 Å². The molecule has 0 saturated carbocycles. The second-order valence-corrected chi connectivity index (χ2v) is 7.49. The van der Waals surface area contributed by atoms with Crippen molar-refractivity contribution in [1.29, 1.82) is 0 Å². The molecule has 33 heavy (non-hydrogen) atoms. The molecule has 2 aromatic carbocycles. The average molecular weight is 466 g/mol. The van der Waals surface area contributed by atoms with Crippen molar-refractivity contribution in [1.82, 2.24) is 0 Å². The van der Waals surface area contributed by atoms with Crippen LogP contribution in [0.25, 0.3) is 0 Å². The summed E-state index contributed by atoms with van der Waals surface area (Å²) in [7, 11) is 1.41. The maximum Gasteiger partial charge on any atom is 0.416 e. The number of halogens is 3. The molecule has 3 N–H and O–H groups in total. The number of nitrogens with two attached hydrogens (primary N) is 1. The number of nitrogens with one attached hydrogen (secondary N) is 1. The Hall–Kier alpha value is -3.83. The average Bonchev–Trinajstić information content (AvgIpc) is 2.78. The zero-order valence-corrected chi connectivity index (χ0v) is 17.5. The fraction of sp³-hybridized carbons (Fsp3) is 0.333. The summed E-state index contributed by atoms with van der Waals surface area (Å²) >= 11 is 0. The Kier molecular flexibility index (Phi) is 6.75. The normalized spacial score (nSPS) is 14.6. The molecule has 1 saturated heterocycles. The Labute approximate surface area is 186 Å². The first-order chi connectivity index (χ1) is 15.5. The number of hydrogen-bond donors (Lipinski definition) is 2. The summed E-state index contributed by atoms with van der Waals surface area (Å²) < 4.78 is 44.0. The van der Waals surface area contributed by atoms with E-state index in [4.69, 9.17) is 10.5 Å². The van der Waals surface area contributed by atoms with Crippen LogP contribution in [-0.2, 0) is 11.0 Å². The molecular formula is C21H21F3N4O5. The number of benzene rings is 2. The highest BCUT2D eigenvalue weighted by atomic mass is 19.4. The zero-order chi connectivity index (χ0) is 24.3. The molecule has 9 nitrogen and oxygen atoms in total. The van der Waals surface area contributed by atoms with Gasteiger partial charge in [0, 0.05) is 30.6 Å². The van der Waals surface area contributed by atoms with Gasteiger partial charge in [-0.2, -0.15) is 13.2 Å². The van der Waals surface area contributed by atoms with Gasteiger partial charge in [0.1, 0.15) is 11.4 Å². The third-order valence-corrected chi connectivity index (χ3v) is 5.45. The molecule has 0 aliphatic carbocycles. The molecule has 12 heteroatoms. The third-order valence-electron chi connectivity index (χ3n) is 5.45. The van der Waals surface area contributed by atoms with Gasteiger partial charge in [-0.05, 0) is 43.2 Å². The van der Waals surface area contributed by atoms with Crippen molar-refractivity contribution in [3.8, 4) is 5.75 Å². The predicted octanol–water partition coefficient (Wildman–Crippen LogP) is 3.58. The minimum Gasteiger partial charge on any atom is -0.495 e. The lowest BCUT2D eigenvalue weighted by Crippen LogP contribution is -2.38. The number of carbonyl (C=O) groups excluding carboxylic acids is 2. The van der Waals surface area contributed by atoms with E-state index in [0.717, 1.165) is 12.1 Å². The number of ether oxygens (including phenoxy) is 1. The molecule has 1 aliphatic heterocycles. The number of hydrogen-bond acceptors (Lipinski definition) is 6. The second kappa shape index (κ2) is 9.35. The van der Waals surface area contributed by atoms with Gasteiger partial charge in [0.25, 0.3) is 5.69 Å². The van der Waals surface area contributed by atoms with E-state index in [9.17, 15) is 32.9 Å². The fourth-order valence-corrected chi connectivity index (χ4v) is 3.69. The summed E-state index contributed by atoms with van der Waals surface area (Å²) in [5.74, 6) is -1.11. The Morgan fingerprint density at radius 1 is 1.18 bits per heavy atom. The van der Waals surface area contributed by atoms with Crippen LogP contribution < -0.4 is 20.7 Å². The summed E-state index contributed by atoms with van der Waals surface area (Å²) in [6, 6.07) is 6.78. The van der Waals surface area contributed by atoms with Gasteiger partial charge >= 0.3 is 6.18 Å². The number of piperidine rings is 1. The van der Waals surface area contributed by atoms with Gasteiger partial charge in [-0.15, -0.1) is 0 Å². The number of methoxy groups -OCH3 is 1. The van der Waals surface area contributed by atoms with Crippen LogP contribution >= 0.6 is 0 Å².